The van der Waals surface area contributed by atoms with E-state index in [2.05, 4.69) is 13.8 Å². The van der Waals surface area contributed by atoms with Gasteiger partial charge < -0.3 is 4.74 Å². The van der Waals surface area contributed by atoms with Crippen LogP contribution in [0.4, 0.5) is 0 Å². The largest absolute Gasteiger partial charge is 0.426 e. The van der Waals surface area contributed by atoms with Gasteiger partial charge in [-0.05, 0) is 43.7 Å². The van der Waals surface area contributed by atoms with Crippen molar-refractivity contribution in [3.63, 3.8) is 0 Å². The number of carbonyl (C=O) groups excluding carboxylic acids is 1. The van der Waals surface area contributed by atoms with Crippen molar-refractivity contribution in [3.8, 4) is 5.75 Å². The van der Waals surface area contributed by atoms with Gasteiger partial charge in [-0.2, -0.15) is 0 Å². The van der Waals surface area contributed by atoms with Gasteiger partial charge in [-0.25, -0.2) is 12.7 Å². The lowest BCUT2D eigenvalue weighted by Crippen LogP contribution is -2.41. The van der Waals surface area contributed by atoms with Crippen molar-refractivity contribution >= 4 is 16.0 Å². The minimum atomic E-state index is -3.17. The first-order valence-corrected chi connectivity index (χ1v) is 10.3. The van der Waals surface area contributed by atoms with E-state index in [1.807, 2.05) is 24.3 Å². The van der Waals surface area contributed by atoms with Gasteiger partial charge in [-0.3, -0.25) is 4.79 Å². The number of nitrogens with zero attached hydrogens (tertiary/aromatic N) is 1. The number of piperidine rings is 1. The summed E-state index contributed by atoms with van der Waals surface area (Å²) < 4.78 is 30.9. The van der Waals surface area contributed by atoms with E-state index in [4.69, 9.17) is 4.74 Å². The molecule has 0 N–H and O–H groups in total. The fourth-order valence-corrected chi connectivity index (χ4v) is 4.08. The van der Waals surface area contributed by atoms with Crippen LogP contribution in [0, 0.1) is 5.92 Å². The molecule has 6 heteroatoms. The maximum atomic E-state index is 12.5. The molecule has 0 aliphatic carbocycles. The first-order chi connectivity index (χ1) is 11.4. The monoisotopic (exact) mass is 353 g/mol. The standard InChI is InChI=1S/C18H27NO4S/c1-4-14(3)16-8-6-7-9-17(16)23-18(20)15-10-12-19(13-11-15)24(21,22)5-2/h6-9,14-15H,4-5,10-13H2,1-3H3. The van der Waals surface area contributed by atoms with Crippen molar-refractivity contribution in [1.82, 2.24) is 4.31 Å². The maximum Gasteiger partial charge on any atom is 0.314 e. The average molecular weight is 353 g/mol. The summed E-state index contributed by atoms with van der Waals surface area (Å²) in [7, 11) is -3.17. The number of ether oxygens (including phenoxy) is 1. The lowest BCUT2D eigenvalue weighted by atomic mass is 9.97. The third-order valence-electron chi connectivity index (χ3n) is 4.82. The molecule has 1 unspecified atom stereocenters. The van der Waals surface area contributed by atoms with Crippen LogP contribution in [0.25, 0.3) is 0 Å². The van der Waals surface area contributed by atoms with Gasteiger partial charge >= 0.3 is 5.97 Å². The number of sulfonamides is 1. The zero-order chi connectivity index (χ0) is 17.7. The molecule has 1 fully saturated rings. The Kier molecular flexibility index (Phi) is 6.40. The highest BCUT2D eigenvalue weighted by Crippen LogP contribution is 2.30. The SMILES string of the molecule is CCC(C)c1ccccc1OC(=O)C1CCN(S(=O)(=O)CC)CC1. The van der Waals surface area contributed by atoms with Crippen LogP contribution in [0.2, 0.25) is 0 Å². The topological polar surface area (TPSA) is 63.7 Å². The van der Waals surface area contributed by atoms with E-state index in [9.17, 15) is 13.2 Å². The fraction of sp³-hybridized carbons (Fsp3) is 0.611. The molecule has 0 spiro atoms. The van der Waals surface area contributed by atoms with Crippen molar-refractivity contribution < 1.29 is 17.9 Å². The molecule has 0 aromatic heterocycles. The Bertz CT molecular complexity index is 663. The van der Waals surface area contributed by atoms with Gasteiger partial charge in [0.2, 0.25) is 10.0 Å². The van der Waals surface area contributed by atoms with E-state index in [-0.39, 0.29) is 17.6 Å². The quantitative estimate of drug-likeness (QED) is 0.582. The Morgan fingerprint density at radius 1 is 1.25 bits per heavy atom. The Morgan fingerprint density at radius 3 is 2.46 bits per heavy atom. The number of hydrogen-bond acceptors (Lipinski definition) is 4. The van der Waals surface area contributed by atoms with Crippen LogP contribution in [-0.2, 0) is 14.8 Å². The molecule has 5 nitrogen and oxygen atoms in total. The minimum absolute atomic E-state index is 0.102. The van der Waals surface area contributed by atoms with Crippen molar-refractivity contribution in [1.29, 1.82) is 0 Å². The molecule has 24 heavy (non-hydrogen) atoms. The molecule has 1 aliphatic rings. The molecular weight excluding hydrogens is 326 g/mol. The molecule has 0 radical (unpaired) electrons. The zero-order valence-electron chi connectivity index (χ0n) is 14.7. The Balaban J connectivity index is 2.00. The second-order valence-electron chi connectivity index (χ2n) is 6.34. The third kappa shape index (κ3) is 4.36. The summed E-state index contributed by atoms with van der Waals surface area (Å²) in [6, 6.07) is 7.64. The van der Waals surface area contributed by atoms with Gasteiger partial charge in [-0.1, -0.05) is 32.0 Å². The van der Waals surface area contributed by atoms with Gasteiger partial charge in [0.1, 0.15) is 5.75 Å². The van der Waals surface area contributed by atoms with Crippen molar-refractivity contribution in [3.05, 3.63) is 29.8 Å². The third-order valence-corrected chi connectivity index (χ3v) is 6.70. The maximum absolute atomic E-state index is 12.5. The lowest BCUT2D eigenvalue weighted by molar-refractivity contribution is -0.140. The second kappa shape index (κ2) is 8.12. The van der Waals surface area contributed by atoms with Crippen LogP contribution < -0.4 is 4.74 Å². The van der Waals surface area contributed by atoms with Gasteiger partial charge in [0.15, 0.2) is 0 Å². The van der Waals surface area contributed by atoms with E-state index >= 15 is 0 Å². The van der Waals surface area contributed by atoms with Crippen LogP contribution in [-0.4, -0.2) is 37.5 Å². The summed E-state index contributed by atoms with van der Waals surface area (Å²) in [5, 5.41) is 0. The summed E-state index contributed by atoms with van der Waals surface area (Å²) >= 11 is 0. The normalized spacial score (nSPS) is 18.3. The number of carbonyl (C=O) groups is 1. The van der Waals surface area contributed by atoms with E-state index in [0.717, 1.165) is 12.0 Å². The summed E-state index contributed by atoms with van der Waals surface area (Å²) in [5.74, 6) is 0.563. The molecular formula is C18H27NO4S. The van der Waals surface area contributed by atoms with Gasteiger partial charge in [-0.15, -0.1) is 0 Å². The van der Waals surface area contributed by atoms with E-state index < -0.39 is 10.0 Å². The first-order valence-electron chi connectivity index (χ1n) is 8.67. The first kappa shape index (κ1) is 18.9. The van der Waals surface area contributed by atoms with Crippen molar-refractivity contribution in [2.24, 2.45) is 5.92 Å². The molecule has 0 saturated carbocycles. The van der Waals surface area contributed by atoms with E-state index in [1.54, 1.807) is 6.92 Å². The molecule has 1 heterocycles. The van der Waals surface area contributed by atoms with Crippen molar-refractivity contribution in [2.45, 2.75) is 46.0 Å². The fourth-order valence-electron chi connectivity index (χ4n) is 2.94. The van der Waals surface area contributed by atoms with Crippen molar-refractivity contribution in [2.75, 3.05) is 18.8 Å². The average Bonchev–Trinajstić information content (AvgIpc) is 2.61. The van der Waals surface area contributed by atoms with Gasteiger partial charge in [0, 0.05) is 13.1 Å². The second-order valence-corrected chi connectivity index (χ2v) is 8.60. The Labute approximate surface area is 145 Å². The molecule has 0 bridgehead atoms. The number of esters is 1. The minimum Gasteiger partial charge on any atom is -0.426 e. The number of para-hydroxylation sites is 1. The number of hydrogen-bond donors (Lipinski definition) is 0. The molecule has 1 aromatic rings. The number of rotatable bonds is 6. The van der Waals surface area contributed by atoms with Gasteiger partial charge in [0.05, 0.1) is 11.7 Å². The Morgan fingerprint density at radius 2 is 1.88 bits per heavy atom. The summed E-state index contributed by atoms with van der Waals surface area (Å²) in [6.07, 6.45) is 2.01. The van der Waals surface area contributed by atoms with Crippen LogP contribution in [0.5, 0.6) is 5.75 Å². The molecule has 0 amide bonds. The van der Waals surface area contributed by atoms with Crippen LogP contribution in [0.15, 0.2) is 24.3 Å². The summed E-state index contributed by atoms with van der Waals surface area (Å²) in [4.78, 5) is 12.5. The molecule has 1 aliphatic heterocycles. The zero-order valence-corrected chi connectivity index (χ0v) is 15.5. The van der Waals surface area contributed by atoms with Crippen LogP contribution >= 0.6 is 0 Å². The highest BCUT2D eigenvalue weighted by molar-refractivity contribution is 7.89. The molecule has 1 atom stereocenters. The van der Waals surface area contributed by atoms with E-state index in [1.165, 1.54) is 4.31 Å². The molecule has 134 valence electrons. The van der Waals surface area contributed by atoms with Crippen LogP contribution in [0.1, 0.15) is 51.5 Å². The molecule has 1 saturated heterocycles. The Hall–Kier alpha value is -1.40. The highest BCUT2D eigenvalue weighted by atomic mass is 32.2. The predicted octanol–water partition coefficient (Wildman–Crippen LogP) is 3.17. The summed E-state index contributed by atoms with van der Waals surface area (Å²) in [5.41, 5.74) is 1.04. The molecule has 2 rings (SSSR count). The predicted molar refractivity (Wildman–Crippen MR) is 94.5 cm³/mol. The highest BCUT2D eigenvalue weighted by Gasteiger charge is 2.31. The van der Waals surface area contributed by atoms with Crippen LogP contribution in [0.3, 0.4) is 0 Å². The summed E-state index contributed by atoms with van der Waals surface area (Å²) in [6.45, 7) is 6.64. The smallest absolute Gasteiger partial charge is 0.314 e. The lowest BCUT2D eigenvalue weighted by Gasteiger charge is -2.30. The van der Waals surface area contributed by atoms with Gasteiger partial charge in [0.25, 0.3) is 0 Å². The number of benzene rings is 1. The molecule has 1 aromatic carbocycles. The van der Waals surface area contributed by atoms with E-state index in [0.29, 0.717) is 37.6 Å².